The van der Waals surface area contributed by atoms with E-state index in [2.05, 4.69) is 27.5 Å². The number of guanidine groups is 1. The van der Waals surface area contributed by atoms with Crippen LogP contribution in [0.15, 0.2) is 20.9 Å². The number of rotatable bonds is 9. The van der Waals surface area contributed by atoms with Gasteiger partial charge in [0.2, 0.25) is 0 Å². The van der Waals surface area contributed by atoms with Gasteiger partial charge in [0.15, 0.2) is 5.96 Å². The van der Waals surface area contributed by atoms with E-state index in [4.69, 9.17) is 4.74 Å². The summed E-state index contributed by atoms with van der Waals surface area (Å²) in [6, 6.07) is 0. The molecule has 0 aliphatic carbocycles. The Morgan fingerprint density at radius 2 is 2.23 bits per heavy atom. The van der Waals surface area contributed by atoms with E-state index in [0.29, 0.717) is 6.54 Å². The fourth-order valence-corrected chi connectivity index (χ4v) is 3.04. The summed E-state index contributed by atoms with van der Waals surface area (Å²) in [5, 5.41) is 8.61. The average Bonchev–Trinajstić information content (AvgIpc) is 2.97. The summed E-state index contributed by atoms with van der Waals surface area (Å²) in [5.74, 6) is 1.91. The van der Waals surface area contributed by atoms with E-state index in [1.165, 1.54) is 0 Å². The average molecular weight is 458 g/mol. The molecule has 0 atom stereocenters. The number of aliphatic imine (C=N–C) groups is 1. The van der Waals surface area contributed by atoms with E-state index in [0.717, 1.165) is 35.6 Å². The number of nitrogens with zero attached hydrogens (tertiary/aromatic N) is 2. The Morgan fingerprint density at radius 3 is 2.82 bits per heavy atom. The fourth-order valence-electron chi connectivity index (χ4n) is 1.40. The van der Waals surface area contributed by atoms with Gasteiger partial charge in [0, 0.05) is 37.5 Å². The van der Waals surface area contributed by atoms with E-state index < -0.39 is 0 Å². The van der Waals surface area contributed by atoms with Gasteiger partial charge in [-0.2, -0.15) is 0 Å². The van der Waals surface area contributed by atoms with E-state index in [-0.39, 0.29) is 29.6 Å². The molecule has 0 aliphatic rings. The number of aromatic nitrogens is 1. The van der Waals surface area contributed by atoms with E-state index >= 15 is 0 Å². The molecule has 0 bridgehead atoms. The summed E-state index contributed by atoms with van der Waals surface area (Å²) in [4.78, 5) is 8.81. The molecule has 0 saturated heterocycles. The largest absolute Gasteiger partial charge is 0.377 e. The van der Waals surface area contributed by atoms with Gasteiger partial charge in [-0.3, -0.25) is 4.99 Å². The fraction of sp³-hybridized carbons (Fsp3) is 0.714. The zero-order valence-electron chi connectivity index (χ0n) is 13.7. The zero-order valence-corrected chi connectivity index (χ0v) is 17.7. The van der Waals surface area contributed by atoms with Gasteiger partial charge < -0.3 is 15.4 Å². The summed E-state index contributed by atoms with van der Waals surface area (Å²) in [6.45, 7) is 8.52. The third-order valence-corrected chi connectivity index (χ3v) is 4.82. The van der Waals surface area contributed by atoms with Crippen molar-refractivity contribution in [3.8, 4) is 0 Å². The smallest absolute Gasteiger partial charge is 0.191 e. The van der Waals surface area contributed by atoms with Gasteiger partial charge in [-0.25, -0.2) is 4.98 Å². The van der Waals surface area contributed by atoms with Crippen molar-refractivity contribution >= 4 is 53.0 Å². The molecular weight excluding hydrogens is 431 g/mol. The minimum Gasteiger partial charge on any atom is -0.377 e. The van der Waals surface area contributed by atoms with Gasteiger partial charge in [0.05, 0.1) is 12.1 Å². The van der Waals surface area contributed by atoms with Gasteiger partial charge in [-0.1, -0.05) is 11.8 Å². The molecule has 0 spiro atoms. The SMILES string of the molecule is CCNC(=NCC(C)(C)OC)NCCCSc1nccs1.I. The van der Waals surface area contributed by atoms with Gasteiger partial charge >= 0.3 is 0 Å². The molecule has 2 N–H and O–H groups in total. The van der Waals surface area contributed by atoms with E-state index in [1.54, 1.807) is 30.2 Å². The molecule has 0 saturated carbocycles. The Kier molecular flexibility index (Phi) is 12.3. The van der Waals surface area contributed by atoms with Crippen LogP contribution in [0.25, 0.3) is 0 Å². The Bertz CT molecular complexity index is 413. The number of nitrogens with one attached hydrogen (secondary N) is 2. The molecule has 1 heterocycles. The number of thioether (sulfide) groups is 1. The first kappa shape index (κ1) is 21.9. The quantitative estimate of drug-likeness (QED) is 0.196. The molecule has 128 valence electrons. The number of halogens is 1. The first-order valence-corrected chi connectivity index (χ1v) is 9.03. The Labute approximate surface area is 159 Å². The van der Waals surface area contributed by atoms with Gasteiger partial charge in [0.1, 0.15) is 4.34 Å². The molecule has 0 aromatic carbocycles. The highest BCUT2D eigenvalue weighted by Gasteiger charge is 2.15. The zero-order chi connectivity index (χ0) is 15.6. The molecule has 0 radical (unpaired) electrons. The second-order valence-corrected chi connectivity index (χ2v) is 7.32. The van der Waals surface area contributed by atoms with Crippen molar-refractivity contribution in [3.05, 3.63) is 11.6 Å². The lowest BCUT2D eigenvalue weighted by Gasteiger charge is -2.21. The molecule has 0 amide bonds. The summed E-state index contributed by atoms with van der Waals surface area (Å²) >= 11 is 3.49. The Hall–Kier alpha value is -0.0600. The minimum absolute atomic E-state index is 0. The van der Waals surface area contributed by atoms with Crippen molar-refractivity contribution in [2.24, 2.45) is 4.99 Å². The lowest BCUT2D eigenvalue weighted by atomic mass is 10.1. The van der Waals surface area contributed by atoms with Crippen molar-refractivity contribution in [2.75, 3.05) is 32.5 Å². The van der Waals surface area contributed by atoms with Crippen molar-refractivity contribution in [1.82, 2.24) is 15.6 Å². The van der Waals surface area contributed by atoms with Crippen LogP contribution in [0.1, 0.15) is 27.2 Å². The molecule has 0 fully saturated rings. The minimum atomic E-state index is -0.233. The number of methoxy groups -OCH3 is 1. The van der Waals surface area contributed by atoms with Crippen LogP contribution in [-0.2, 0) is 4.74 Å². The predicted octanol–water partition coefficient (Wildman–Crippen LogP) is 3.22. The summed E-state index contributed by atoms with van der Waals surface area (Å²) in [5.41, 5.74) is -0.233. The summed E-state index contributed by atoms with van der Waals surface area (Å²) in [6.07, 6.45) is 2.92. The lowest BCUT2D eigenvalue weighted by Crippen LogP contribution is -2.39. The molecule has 22 heavy (non-hydrogen) atoms. The summed E-state index contributed by atoms with van der Waals surface area (Å²) < 4.78 is 6.52. The number of thiazole rings is 1. The van der Waals surface area contributed by atoms with Crippen LogP contribution in [0.2, 0.25) is 0 Å². The third kappa shape index (κ3) is 9.86. The van der Waals surface area contributed by atoms with Crippen molar-refractivity contribution in [1.29, 1.82) is 0 Å². The van der Waals surface area contributed by atoms with E-state index in [9.17, 15) is 0 Å². The van der Waals surface area contributed by atoms with Crippen LogP contribution in [0, 0.1) is 0 Å². The molecule has 5 nitrogen and oxygen atoms in total. The van der Waals surface area contributed by atoms with Crippen molar-refractivity contribution in [3.63, 3.8) is 0 Å². The van der Waals surface area contributed by atoms with Crippen LogP contribution in [-0.4, -0.2) is 49.0 Å². The third-order valence-electron chi connectivity index (χ3n) is 2.76. The number of hydrogen-bond donors (Lipinski definition) is 2. The topological polar surface area (TPSA) is 58.5 Å². The highest BCUT2D eigenvalue weighted by atomic mass is 127. The molecular formula is C14H27IN4OS2. The molecule has 8 heteroatoms. The van der Waals surface area contributed by atoms with Gasteiger partial charge in [0.25, 0.3) is 0 Å². The first-order chi connectivity index (χ1) is 10.1. The van der Waals surface area contributed by atoms with Gasteiger partial charge in [-0.05, 0) is 27.2 Å². The Balaban J connectivity index is 0.00000441. The summed E-state index contributed by atoms with van der Waals surface area (Å²) in [7, 11) is 1.71. The monoisotopic (exact) mass is 458 g/mol. The Morgan fingerprint density at radius 1 is 1.45 bits per heavy atom. The predicted molar refractivity (Wildman–Crippen MR) is 108 cm³/mol. The lowest BCUT2D eigenvalue weighted by molar-refractivity contribution is 0.0310. The molecule has 1 rings (SSSR count). The first-order valence-electron chi connectivity index (χ1n) is 7.17. The second-order valence-electron chi connectivity index (χ2n) is 5.09. The molecule has 0 unspecified atom stereocenters. The van der Waals surface area contributed by atoms with Crippen LogP contribution in [0.3, 0.4) is 0 Å². The highest BCUT2D eigenvalue weighted by Crippen LogP contribution is 2.20. The second kappa shape index (κ2) is 12.4. The van der Waals surface area contributed by atoms with Crippen molar-refractivity contribution in [2.45, 2.75) is 37.1 Å². The van der Waals surface area contributed by atoms with Crippen molar-refractivity contribution < 1.29 is 4.74 Å². The highest BCUT2D eigenvalue weighted by molar-refractivity contribution is 14.0. The normalized spacial score (nSPS) is 11.9. The van der Waals surface area contributed by atoms with E-state index in [1.807, 2.05) is 25.4 Å². The van der Waals surface area contributed by atoms with Crippen LogP contribution < -0.4 is 10.6 Å². The maximum atomic E-state index is 5.38. The van der Waals surface area contributed by atoms with Gasteiger partial charge in [-0.15, -0.1) is 35.3 Å². The number of ether oxygens (including phenoxy) is 1. The van der Waals surface area contributed by atoms with Crippen LogP contribution in [0.5, 0.6) is 0 Å². The van der Waals surface area contributed by atoms with Crippen LogP contribution in [0.4, 0.5) is 0 Å². The maximum absolute atomic E-state index is 5.38. The number of hydrogen-bond acceptors (Lipinski definition) is 5. The molecule has 1 aromatic rings. The van der Waals surface area contributed by atoms with Crippen LogP contribution >= 0.6 is 47.1 Å². The molecule has 1 aromatic heterocycles. The molecule has 0 aliphatic heterocycles. The standard InChI is InChI=1S/C14H26N4OS2.HI/c1-5-15-12(18-11-14(2,3)19-4)16-7-6-9-20-13-17-8-10-21-13;/h8,10H,5-7,9,11H2,1-4H3,(H2,15,16,18);1H. The maximum Gasteiger partial charge on any atom is 0.191 e.